The van der Waals surface area contributed by atoms with Crippen LogP contribution >= 0.6 is 34.7 Å². The van der Waals surface area contributed by atoms with Gasteiger partial charge in [-0.15, -0.1) is 23.1 Å². The number of halogens is 1. The van der Waals surface area contributed by atoms with Crippen molar-refractivity contribution < 1.29 is 0 Å². The molecule has 1 heterocycles. The molecule has 1 unspecified atom stereocenters. The summed E-state index contributed by atoms with van der Waals surface area (Å²) in [4.78, 5) is 2.53. The van der Waals surface area contributed by atoms with E-state index in [9.17, 15) is 0 Å². The van der Waals surface area contributed by atoms with Gasteiger partial charge in [0.2, 0.25) is 0 Å². The van der Waals surface area contributed by atoms with Gasteiger partial charge in [0.05, 0.1) is 10.4 Å². The van der Waals surface area contributed by atoms with Crippen LogP contribution in [0.1, 0.15) is 17.8 Å². The Morgan fingerprint density at radius 3 is 2.41 bits per heavy atom. The van der Waals surface area contributed by atoms with Gasteiger partial charge in [0.1, 0.15) is 0 Å². The number of thiophene rings is 1. The van der Waals surface area contributed by atoms with Crippen molar-refractivity contribution in [3.05, 3.63) is 45.6 Å². The molecule has 1 aromatic carbocycles. The molecule has 0 radical (unpaired) electrons. The van der Waals surface area contributed by atoms with E-state index in [2.05, 4.69) is 48.8 Å². The minimum absolute atomic E-state index is 0.285. The summed E-state index contributed by atoms with van der Waals surface area (Å²) < 4.78 is 0.839. The maximum Gasteiger partial charge on any atom is 0.0932 e. The lowest BCUT2D eigenvalue weighted by Gasteiger charge is -2.13. The zero-order chi connectivity index (χ0) is 12.3. The van der Waals surface area contributed by atoms with Crippen LogP contribution in [-0.4, -0.2) is 6.26 Å². The number of thioether (sulfide) groups is 1. The zero-order valence-corrected chi connectivity index (χ0v) is 12.1. The minimum Gasteiger partial charge on any atom is -0.378 e. The van der Waals surface area contributed by atoms with Gasteiger partial charge in [0.15, 0.2) is 0 Å². The molecule has 0 fully saturated rings. The van der Waals surface area contributed by atoms with Gasteiger partial charge in [-0.1, -0.05) is 11.6 Å². The van der Waals surface area contributed by atoms with Crippen molar-refractivity contribution in [1.82, 2.24) is 0 Å². The first kappa shape index (κ1) is 12.8. The lowest BCUT2D eigenvalue weighted by molar-refractivity contribution is 0.908. The molecule has 17 heavy (non-hydrogen) atoms. The summed E-state index contributed by atoms with van der Waals surface area (Å²) >= 11 is 9.31. The molecular formula is C13H14ClNS2. The molecule has 0 saturated carbocycles. The second-order valence-electron chi connectivity index (χ2n) is 3.74. The van der Waals surface area contributed by atoms with Crippen LogP contribution in [0.25, 0.3) is 0 Å². The smallest absolute Gasteiger partial charge is 0.0932 e. The van der Waals surface area contributed by atoms with E-state index < -0.39 is 0 Å². The number of anilines is 1. The average molecular weight is 284 g/mol. The van der Waals surface area contributed by atoms with Crippen molar-refractivity contribution in [2.24, 2.45) is 0 Å². The highest BCUT2D eigenvalue weighted by Crippen LogP contribution is 2.29. The highest BCUT2D eigenvalue weighted by Gasteiger charge is 2.07. The number of nitrogens with one attached hydrogen (secondary N) is 1. The molecule has 2 rings (SSSR count). The molecule has 0 spiro atoms. The molecule has 1 aromatic heterocycles. The van der Waals surface area contributed by atoms with Crippen LogP contribution in [0.2, 0.25) is 4.34 Å². The molecule has 0 amide bonds. The Kier molecular flexibility index (Phi) is 4.37. The summed E-state index contributed by atoms with van der Waals surface area (Å²) in [5.41, 5.74) is 1.14. The first-order valence-corrected chi connectivity index (χ1v) is 7.77. The van der Waals surface area contributed by atoms with Crippen LogP contribution < -0.4 is 5.32 Å². The van der Waals surface area contributed by atoms with Gasteiger partial charge >= 0.3 is 0 Å². The maximum atomic E-state index is 5.94. The van der Waals surface area contributed by atoms with E-state index >= 15 is 0 Å². The lowest BCUT2D eigenvalue weighted by atomic mass is 10.2. The quantitative estimate of drug-likeness (QED) is 0.765. The van der Waals surface area contributed by atoms with E-state index in [4.69, 9.17) is 11.6 Å². The summed E-state index contributed by atoms with van der Waals surface area (Å²) in [7, 11) is 0. The van der Waals surface area contributed by atoms with Crippen molar-refractivity contribution in [3.63, 3.8) is 0 Å². The van der Waals surface area contributed by atoms with Gasteiger partial charge < -0.3 is 5.32 Å². The minimum atomic E-state index is 0.285. The Hall–Kier alpha value is -0.640. The predicted molar refractivity (Wildman–Crippen MR) is 79.6 cm³/mol. The van der Waals surface area contributed by atoms with Crippen molar-refractivity contribution >= 4 is 40.4 Å². The maximum absolute atomic E-state index is 5.94. The molecule has 1 N–H and O–H groups in total. The summed E-state index contributed by atoms with van der Waals surface area (Å²) in [6, 6.07) is 12.8. The Morgan fingerprint density at radius 2 is 1.88 bits per heavy atom. The molecule has 0 aliphatic carbocycles. The average Bonchev–Trinajstić information content (AvgIpc) is 2.77. The van der Waals surface area contributed by atoms with E-state index in [0.29, 0.717) is 0 Å². The van der Waals surface area contributed by atoms with Crippen molar-refractivity contribution in [1.29, 1.82) is 0 Å². The Labute approximate surface area is 115 Å². The van der Waals surface area contributed by atoms with Gasteiger partial charge in [-0.05, 0) is 49.6 Å². The molecule has 4 heteroatoms. The fourth-order valence-corrected chi connectivity index (χ4v) is 3.04. The predicted octanol–water partition coefficient (Wildman–Crippen LogP) is 5.30. The molecule has 0 saturated heterocycles. The first-order valence-electron chi connectivity index (χ1n) is 5.35. The fourth-order valence-electron chi connectivity index (χ4n) is 1.57. The van der Waals surface area contributed by atoms with Crippen LogP contribution in [-0.2, 0) is 0 Å². The summed E-state index contributed by atoms with van der Waals surface area (Å²) in [5, 5.41) is 3.47. The molecular weight excluding hydrogens is 270 g/mol. The first-order chi connectivity index (χ1) is 8.19. The van der Waals surface area contributed by atoms with E-state index in [1.54, 1.807) is 23.1 Å². The van der Waals surface area contributed by atoms with Crippen LogP contribution in [0.5, 0.6) is 0 Å². The second-order valence-corrected chi connectivity index (χ2v) is 6.36. The van der Waals surface area contributed by atoms with Crippen molar-refractivity contribution in [2.75, 3.05) is 11.6 Å². The van der Waals surface area contributed by atoms with Crippen LogP contribution in [0, 0.1) is 0 Å². The van der Waals surface area contributed by atoms with Crippen LogP contribution in [0.3, 0.4) is 0 Å². The molecule has 90 valence electrons. The molecule has 0 aliphatic rings. The Morgan fingerprint density at radius 1 is 1.18 bits per heavy atom. The SMILES string of the molecule is CSc1ccc(NC(C)c2ccc(Cl)s2)cc1. The van der Waals surface area contributed by atoms with Crippen molar-refractivity contribution in [3.8, 4) is 0 Å². The van der Waals surface area contributed by atoms with E-state index in [-0.39, 0.29) is 6.04 Å². The summed E-state index contributed by atoms with van der Waals surface area (Å²) in [6.07, 6.45) is 2.08. The molecule has 1 atom stereocenters. The van der Waals surface area contributed by atoms with Gasteiger partial charge in [0.25, 0.3) is 0 Å². The normalized spacial score (nSPS) is 12.4. The van der Waals surface area contributed by atoms with Crippen LogP contribution in [0.4, 0.5) is 5.69 Å². The van der Waals surface area contributed by atoms with Gasteiger partial charge in [-0.3, -0.25) is 0 Å². The standard InChI is InChI=1S/C13H14ClNS2/c1-9(12-7-8-13(14)17-12)15-10-3-5-11(16-2)6-4-10/h3-9,15H,1-2H3. The molecule has 0 aliphatic heterocycles. The number of rotatable bonds is 4. The summed E-state index contributed by atoms with van der Waals surface area (Å²) in [6.45, 7) is 2.14. The van der Waals surface area contributed by atoms with Gasteiger partial charge in [-0.25, -0.2) is 0 Å². The Balaban J connectivity index is 2.04. The molecule has 1 nitrogen and oxygen atoms in total. The van der Waals surface area contributed by atoms with Gasteiger partial charge in [0, 0.05) is 15.5 Å². The molecule has 0 bridgehead atoms. The largest absolute Gasteiger partial charge is 0.378 e. The monoisotopic (exact) mass is 283 g/mol. The third-order valence-corrected chi connectivity index (χ3v) is 4.65. The van der Waals surface area contributed by atoms with Gasteiger partial charge in [-0.2, -0.15) is 0 Å². The highest BCUT2D eigenvalue weighted by atomic mass is 35.5. The topological polar surface area (TPSA) is 12.0 Å². The number of benzene rings is 1. The summed E-state index contributed by atoms with van der Waals surface area (Å²) in [5.74, 6) is 0. The van der Waals surface area contributed by atoms with E-state index in [1.165, 1.54) is 9.77 Å². The van der Waals surface area contributed by atoms with Crippen molar-refractivity contribution in [2.45, 2.75) is 17.9 Å². The number of hydrogen-bond donors (Lipinski definition) is 1. The fraction of sp³-hybridized carbons (Fsp3) is 0.231. The molecule has 2 aromatic rings. The van der Waals surface area contributed by atoms with E-state index in [1.807, 2.05) is 6.07 Å². The zero-order valence-electron chi connectivity index (χ0n) is 9.74. The number of hydrogen-bond acceptors (Lipinski definition) is 3. The third kappa shape index (κ3) is 3.41. The Bertz CT molecular complexity index is 478. The highest BCUT2D eigenvalue weighted by molar-refractivity contribution is 7.98. The van der Waals surface area contributed by atoms with Crippen LogP contribution in [0.15, 0.2) is 41.3 Å². The third-order valence-electron chi connectivity index (χ3n) is 2.49. The van der Waals surface area contributed by atoms with E-state index in [0.717, 1.165) is 10.0 Å². The lowest BCUT2D eigenvalue weighted by Crippen LogP contribution is -2.04. The second kappa shape index (κ2) is 5.80.